The smallest absolute Gasteiger partial charge is 0.348 e. The quantitative estimate of drug-likeness (QED) is 0.289. The van der Waals surface area contributed by atoms with E-state index in [1.165, 1.54) is 11.3 Å². The summed E-state index contributed by atoms with van der Waals surface area (Å²) in [7, 11) is 0. The molecule has 3 aliphatic rings. The molecule has 1 unspecified atom stereocenters. The van der Waals surface area contributed by atoms with E-state index in [9.17, 15) is 14.7 Å². The zero-order valence-electron chi connectivity index (χ0n) is 26.6. The lowest BCUT2D eigenvalue weighted by atomic mass is 9.80. The van der Waals surface area contributed by atoms with Gasteiger partial charge in [-0.25, -0.2) is 4.79 Å². The van der Waals surface area contributed by atoms with E-state index in [1.807, 2.05) is 43.1 Å². The zero-order chi connectivity index (χ0) is 31.1. The number of aromatic carboxylic acids is 1. The number of carboxylic acids is 1. The molecule has 0 bridgehead atoms. The predicted molar refractivity (Wildman–Crippen MR) is 174 cm³/mol. The Morgan fingerprint density at radius 2 is 1.86 bits per heavy atom. The van der Waals surface area contributed by atoms with E-state index in [1.54, 1.807) is 0 Å². The minimum absolute atomic E-state index is 0.0179. The third kappa shape index (κ3) is 8.71. The standard InChI is InChI=1S/C36H48N2O5S/c1-25-10-14-27(15-11-25)34(39)38(29-16-12-26(13-17-29)22-28-8-4-6-20-37-28)31-23-30(44-33(31)35(40)41)18-19-36(2,3)24-43-32-9-5-7-21-42-32/h4,6,8,20,23,25-27,29,32H,5,7,9-17,21-22,24H2,1-3H3,(H,40,41)/t25-,26-,27-,29-,32?. The van der Waals surface area contributed by atoms with Crippen molar-refractivity contribution in [2.45, 2.75) is 110 Å². The average molecular weight is 621 g/mol. The zero-order valence-corrected chi connectivity index (χ0v) is 27.4. The number of ether oxygens (including phenoxy) is 2. The molecule has 0 aromatic carbocycles. The lowest BCUT2D eigenvalue weighted by Crippen LogP contribution is -2.46. The van der Waals surface area contributed by atoms with Gasteiger partial charge in [0.15, 0.2) is 6.29 Å². The first-order valence-corrected chi connectivity index (χ1v) is 17.4. The molecule has 238 valence electrons. The Kier molecular flexibility index (Phi) is 11.2. The van der Waals surface area contributed by atoms with Crippen LogP contribution in [0.5, 0.6) is 0 Å². The van der Waals surface area contributed by atoms with Crippen LogP contribution in [0.15, 0.2) is 30.5 Å². The van der Waals surface area contributed by atoms with Gasteiger partial charge in [-0.3, -0.25) is 9.78 Å². The molecule has 2 aromatic heterocycles. The highest BCUT2D eigenvalue weighted by Gasteiger charge is 2.37. The van der Waals surface area contributed by atoms with E-state index in [0.29, 0.717) is 29.0 Å². The molecule has 1 saturated heterocycles. The van der Waals surface area contributed by atoms with E-state index in [0.717, 1.165) is 89.4 Å². The lowest BCUT2D eigenvalue weighted by molar-refractivity contribution is -0.171. The van der Waals surface area contributed by atoms with Crippen molar-refractivity contribution in [3.8, 4) is 11.8 Å². The highest BCUT2D eigenvalue weighted by Crippen LogP contribution is 2.40. The normalized spacial score (nSPS) is 25.9. The number of nitrogens with zero attached hydrogens (tertiary/aromatic N) is 2. The Morgan fingerprint density at radius 3 is 2.52 bits per heavy atom. The van der Waals surface area contributed by atoms with Gasteiger partial charge in [0.1, 0.15) is 4.88 Å². The third-order valence-corrected chi connectivity index (χ3v) is 10.5. The van der Waals surface area contributed by atoms with Crippen LogP contribution in [0.3, 0.4) is 0 Å². The maximum atomic E-state index is 14.3. The fourth-order valence-electron chi connectivity index (χ4n) is 6.81. The van der Waals surface area contributed by atoms with Gasteiger partial charge in [-0.15, -0.1) is 11.3 Å². The van der Waals surface area contributed by atoms with Gasteiger partial charge >= 0.3 is 5.97 Å². The summed E-state index contributed by atoms with van der Waals surface area (Å²) < 4.78 is 11.7. The fraction of sp³-hybridized carbons (Fsp3) is 0.639. The number of carboxylic acid groups (broad SMARTS) is 1. The maximum absolute atomic E-state index is 14.3. The van der Waals surface area contributed by atoms with Crippen LogP contribution >= 0.6 is 11.3 Å². The van der Waals surface area contributed by atoms with Crippen molar-refractivity contribution in [3.05, 3.63) is 45.9 Å². The number of amides is 1. The van der Waals surface area contributed by atoms with Crippen LogP contribution in [0.1, 0.15) is 112 Å². The second-order valence-corrected chi connectivity index (χ2v) is 14.8. The van der Waals surface area contributed by atoms with Gasteiger partial charge in [-0.1, -0.05) is 24.8 Å². The number of hydrogen-bond acceptors (Lipinski definition) is 6. The van der Waals surface area contributed by atoms with Crippen LogP contribution in [0, 0.1) is 35.0 Å². The summed E-state index contributed by atoms with van der Waals surface area (Å²) >= 11 is 1.17. The van der Waals surface area contributed by atoms with Crippen LogP contribution in [0.2, 0.25) is 0 Å². The predicted octanol–water partition coefficient (Wildman–Crippen LogP) is 7.72. The summed E-state index contributed by atoms with van der Waals surface area (Å²) in [4.78, 5) is 34.1. The van der Waals surface area contributed by atoms with Crippen molar-refractivity contribution in [1.82, 2.24) is 4.98 Å². The maximum Gasteiger partial charge on any atom is 0.348 e. The molecule has 3 heterocycles. The molecular formula is C36H48N2O5S. The third-order valence-electron chi connectivity index (χ3n) is 9.47. The van der Waals surface area contributed by atoms with Crippen molar-refractivity contribution in [2.24, 2.45) is 23.2 Å². The first-order valence-electron chi connectivity index (χ1n) is 16.5. The average Bonchev–Trinajstić information content (AvgIpc) is 3.46. The van der Waals surface area contributed by atoms with Crippen LogP contribution in [-0.2, 0) is 20.7 Å². The van der Waals surface area contributed by atoms with E-state index < -0.39 is 11.4 Å². The first-order chi connectivity index (χ1) is 21.2. The second-order valence-electron chi connectivity index (χ2n) is 13.7. The topological polar surface area (TPSA) is 89.0 Å². The van der Waals surface area contributed by atoms with Crippen molar-refractivity contribution in [3.63, 3.8) is 0 Å². The van der Waals surface area contributed by atoms with Crippen LogP contribution in [0.4, 0.5) is 5.69 Å². The summed E-state index contributed by atoms with van der Waals surface area (Å²) in [6, 6.07) is 7.89. The number of aromatic nitrogens is 1. The molecule has 2 aromatic rings. The number of anilines is 1. The lowest BCUT2D eigenvalue weighted by Gasteiger charge is -2.39. The minimum Gasteiger partial charge on any atom is -0.477 e. The van der Waals surface area contributed by atoms with E-state index in [-0.39, 0.29) is 29.0 Å². The monoisotopic (exact) mass is 620 g/mol. The molecule has 5 rings (SSSR count). The Labute approximate surface area is 266 Å². The van der Waals surface area contributed by atoms with Gasteiger partial charge < -0.3 is 19.5 Å². The highest BCUT2D eigenvalue weighted by molar-refractivity contribution is 7.15. The van der Waals surface area contributed by atoms with Crippen LogP contribution in [-0.4, -0.2) is 47.5 Å². The Hall–Kier alpha value is -2.73. The Morgan fingerprint density at radius 1 is 1.09 bits per heavy atom. The molecule has 1 N–H and O–H groups in total. The number of carbonyl (C=O) groups excluding carboxylic acids is 1. The van der Waals surface area contributed by atoms with Gasteiger partial charge in [-0.05, 0) is 121 Å². The summed E-state index contributed by atoms with van der Waals surface area (Å²) in [5.74, 6) is 6.72. The van der Waals surface area contributed by atoms with Crippen LogP contribution in [0.25, 0.3) is 0 Å². The summed E-state index contributed by atoms with van der Waals surface area (Å²) in [5, 5.41) is 10.3. The first kappa shape index (κ1) is 32.7. The number of carbonyl (C=O) groups is 2. The molecule has 3 fully saturated rings. The summed E-state index contributed by atoms with van der Waals surface area (Å²) in [6.45, 7) is 7.47. The molecule has 0 radical (unpaired) electrons. The molecule has 1 aliphatic heterocycles. The summed E-state index contributed by atoms with van der Waals surface area (Å²) in [5.41, 5.74) is 1.19. The van der Waals surface area contributed by atoms with Crippen molar-refractivity contribution in [1.29, 1.82) is 0 Å². The van der Waals surface area contributed by atoms with Crippen molar-refractivity contribution < 1.29 is 24.2 Å². The Balaban J connectivity index is 1.36. The van der Waals surface area contributed by atoms with Gasteiger partial charge in [0, 0.05) is 35.9 Å². The number of thiophene rings is 1. The number of hydrogen-bond donors (Lipinski definition) is 1. The van der Waals surface area contributed by atoms with Gasteiger partial charge in [-0.2, -0.15) is 0 Å². The largest absolute Gasteiger partial charge is 0.477 e. The molecule has 8 heteroatoms. The van der Waals surface area contributed by atoms with Gasteiger partial charge in [0.05, 0.1) is 17.2 Å². The van der Waals surface area contributed by atoms with E-state index in [4.69, 9.17) is 9.47 Å². The molecule has 7 nitrogen and oxygen atoms in total. The van der Waals surface area contributed by atoms with Gasteiger partial charge in [0.25, 0.3) is 0 Å². The van der Waals surface area contributed by atoms with Crippen LogP contribution < -0.4 is 4.90 Å². The molecule has 44 heavy (non-hydrogen) atoms. The minimum atomic E-state index is -1.01. The molecule has 1 atom stereocenters. The fourth-order valence-corrected chi connectivity index (χ4v) is 7.65. The molecule has 1 amide bonds. The van der Waals surface area contributed by atoms with Gasteiger partial charge in [0.2, 0.25) is 5.91 Å². The SMILES string of the molecule is CC(C)(C#Cc1cc(N(C(=O)[C@H]2CC[C@H](C)CC2)[C@H]2CC[C@H](Cc3ccccn3)CC2)c(C(=O)O)s1)COC1CCCCO1. The van der Waals surface area contributed by atoms with Crippen molar-refractivity contribution in [2.75, 3.05) is 18.1 Å². The molecular weight excluding hydrogens is 572 g/mol. The summed E-state index contributed by atoms with van der Waals surface area (Å²) in [6.07, 6.45) is 13.2. The van der Waals surface area contributed by atoms with E-state index >= 15 is 0 Å². The molecule has 2 aliphatic carbocycles. The van der Waals surface area contributed by atoms with Crippen molar-refractivity contribution >= 4 is 28.9 Å². The highest BCUT2D eigenvalue weighted by atomic mass is 32.1. The number of pyridine rings is 1. The second kappa shape index (κ2) is 15.0. The van der Waals surface area contributed by atoms with E-state index in [2.05, 4.69) is 29.8 Å². The molecule has 0 spiro atoms. The molecule has 2 saturated carbocycles. The number of rotatable bonds is 9. The Bertz CT molecular complexity index is 1310.